The molecule has 0 aromatic heterocycles. The van der Waals surface area contributed by atoms with E-state index in [1.807, 2.05) is 65.0 Å². The van der Waals surface area contributed by atoms with Crippen LogP contribution in [0, 0.1) is 32.1 Å². The van der Waals surface area contributed by atoms with Gasteiger partial charge in [0.15, 0.2) is 0 Å². The molecule has 1 N–H and O–H groups in total. The molecule has 5 heteroatoms. The van der Waals surface area contributed by atoms with Crippen LogP contribution in [0.2, 0.25) is 0 Å². The highest BCUT2D eigenvalue weighted by Crippen LogP contribution is 2.38. The molecule has 5 nitrogen and oxygen atoms in total. The molecule has 0 fully saturated rings. The number of benzene rings is 2. The van der Waals surface area contributed by atoms with Gasteiger partial charge in [-0.05, 0) is 69.9 Å². The van der Waals surface area contributed by atoms with Gasteiger partial charge in [0.2, 0.25) is 5.91 Å². The molecule has 0 saturated carbocycles. The number of anilines is 2. The Morgan fingerprint density at radius 2 is 1.77 bits per heavy atom. The lowest BCUT2D eigenvalue weighted by Gasteiger charge is -2.29. The highest BCUT2D eigenvalue weighted by Gasteiger charge is 2.38. The third kappa shape index (κ3) is 4.35. The first-order valence-electron chi connectivity index (χ1n) is 10.5. The molecule has 2 aromatic carbocycles. The topological polar surface area (TPSA) is 58.6 Å². The number of nitrogens with zero attached hydrogens (tertiary/aromatic N) is 1. The summed E-state index contributed by atoms with van der Waals surface area (Å²) in [6, 6.07) is 9.53. The molecule has 30 heavy (non-hydrogen) atoms. The van der Waals surface area contributed by atoms with E-state index in [9.17, 15) is 9.59 Å². The molecule has 0 spiro atoms. The minimum absolute atomic E-state index is 0.0312. The Hall–Kier alpha value is -2.82. The normalized spacial score (nSPS) is 15.5. The fourth-order valence-electron chi connectivity index (χ4n) is 4.00. The summed E-state index contributed by atoms with van der Waals surface area (Å²) in [6.07, 6.45) is 0. The molecule has 3 rings (SSSR count). The highest BCUT2D eigenvalue weighted by atomic mass is 16.5. The average Bonchev–Trinajstić information content (AvgIpc) is 2.71. The van der Waals surface area contributed by atoms with E-state index in [0.29, 0.717) is 41.8 Å². The smallest absolute Gasteiger partial charge is 0.256 e. The maximum Gasteiger partial charge on any atom is 0.256 e. The Kier molecular flexibility index (Phi) is 5.93. The molecule has 1 aliphatic rings. The lowest BCUT2D eigenvalue weighted by atomic mass is 9.92. The standard InChI is InChI=1S/C25H32N2O3/c1-15(2)13-27-20-12-19(8-9-21(20)30-14-25(6,7)24(27)29)26-23(28)22-17(4)10-16(3)11-18(22)5/h8-12,15H,13-14H2,1-7H3,(H,26,28). The molecule has 0 radical (unpaired) electrons. The molecular weight excluding hydrogens is 376 g/mol. The molecule has 0 atom stereocenters. The van der Waals surface area contributed by atoms with E-state index < -0.39 is 5.41 Å². The van der Waals surface area contributed by atoms with Crippen LogP contribution in [0.25, 0.3) is 0 Å². The molecular formula is C25H32N2O3. The van der Waals surface area contributed by atoms with Gasteiger partial charge in [0, 0.05) is 17.8 Å². The van der Waals surface area contributed by atoms with Crippen LogP contribution >= 0.6 is 0 Å². The predicted octanol–water partition coefficient (Wildman–Crippen LogP) is 5.27. The maximum atomic E-state index is 13.2. The largest absolute Gasteiger partial charge is 0.490 e. The van der Waals surface area contributed by atoms with Crippen molar-refractivity contribution < 1.29 is 14.3 Å². The van der Waals surface area contributed by atoms with Crippen LogP contribution in [0.3, 0.4) is 0 Å². The fourth-order valence-corrected chi connectivity index (χ4v) is 4.00. The number of rotatable bonds is 4. The second-order valence-corrected chi connectivity index (χ2v) is 9.39. The van der Waals surface area contributed by atoms with Gasteiger partial charge in [-0.3, -0.25) is 9.59 Å². The van der Waals surface area contributed by atoms with Crippen LogP contribution in [0.4, 0.5) is 11.4 Å². The van der Waals surface area contributed by atoms with Gasteiger partial charge >= 0.3 is 0 Å². The van der Waals surface area contributed by atoms with Crippen molar-refractivity contribution in [2.75, 3.05) is 23.4 Å². The van der Waals surface area contributed by atoms with Crippen molar-refractivity contribution in [1.29, 1.82) is 0 Å². The fraction of sp³-hybridized carbons (Fsp3) is 0.440. The second kappa shape index (κ2) is 8.13. The maximum absolute atomic E-state index is 13.2. The number of aryl methyl sites for hydroxylation is 3. The monoisotopic (exact) mass is 408 g/mol. The van der Waals surface area contributed by atoms with Crippen molar-refractivity contribution in [1.82, 2.24) is 0 Å². The summed E-state index contributed by atoms with van der Waals surface area (Å²) in [4.78, 5) is 28.0. The van der Waals surface area contributed by atoms with Crippen LogP contribution in [-0.2, 0) is 4.79 Å². The van der Waals surface area contributed by atoms with E-state index in [-0.39, 0.29) is 11.8 Å². The van der Waals surface area contributed by atoms with Crippen LogP contribution < -0.4 is 15.0 Å². The van der Waals surface area contributed by atoms with E-state index >= 15 is 0 Å². The number of fused-ring (bicyclic) bond motifs is 1. The number of hydrogen-bond donors (Lipinski definition) is 1. The molecule has 0 saturated heterocycles. The number of carbonyl (C=O) groups excluding carboxylic acids is 2. The van der Waals surface area contributed by atoms with Gasteiger partial charge < -0.3 is 15.0 Å². The van der Waals surface area contributed by atoms with E-state index in [4.69, 9.17) is 4.74 Å². The molecule has 0 bridgehead atoms. The van der Waals surface area contributed by atoms with Gasteiger partial charge in [-0.15, -0.1) is 0 Å². The van der Waals surface area contributed by atoms with E-state index in [1.165, 1.54) is 0 Å². The first-order chi connectivity index (χ1) is 14.0. The average molecular weight is 409 g/mol. The van der Waals surface area contributed by atoms with Gasteiger partial charge in [0.25, 0.3) is 5.91 Å². The van der Waals surface area contributed by atoms with Crippen LogP contribution in [-0.4, -0.2) is 25.0 Å². The lowest BCUT2D eigenvalue weighted by Crippen LogP contribution is -2.43. The first kappa shape index (κ1) is 21.9. The molecule has 1 aliphatic heterocycles. The summed E-state index contributed by atoms with van der Waals surface area (Å²) in [7, 11) is 0. The summed E-state index contributed by atoms with van der Waals surface area (Å²) in [6.45, 7) is 14.8. The molecule has 2 aromatic rings. The minimum Gasteiger partial charge on any atom is -0.490 e. The van der Waals surface area contributed by atoms with Crippen LogP contribution in [0.1, 0.15) is 54.7 Å². The van der Waals surface area contributed by atoms with Crippen molar-refractivity contribution in [3.63, 3.8) is 0 Å². The van der Waals surface area contributed by atoms with Crippen molar-refractivity contribution in [3.05, 3.63) is 52.6 Å². The van der Waals surface area contributed by atoms with E-state index in [2.05, 4.69) is 19.2 Å². The lowest BCUT2D eigenvalue weighted by molar-refractivity contribution is -0.127. The van der Waals surface area contributed by atoms with Gasteiger partial charge in [-0.2, -0.15) is 0 Å². The Bertz CT molecular complexity index is 969. The minimum atomic E-state index is -0.618. The summed E-state index contributed by atoms with van der Waals surface area (Å²) < 4.78 is 5.97. The number of amides is 2. The third-order valence-electron chi connectivity index (χ3n) is 5.37. The third-order valence-corrected chi connectivity index (χ3v) is 5.37. The van der Waals surface area contributed by atoms with Gasteiger partial charge in [-0.25, -0.2) is 0 Å². The van der Waals surface area contributed by atoms with Crippen molar-refractivity contribution >= 4 is 23.2 Å². The molecule has 0 aliphatic carbocycles. The van der Waals surface area contributed by atoms with Crippen molar-refractivity contribution in [2.45, 2.75) is 48.5 Å². The SMILES string of the molecule is Cc1cc(C)c(C(=O)Nc2ccc3c(c2)N(CC(C)C)C(=O)C(C)(C)CO3)c(C)c1. The zero-order valence-electron chi connectivity index (χ0n) is 19.1. The van der Waals surface area contributed by atoms with Crippen LogP contribution in [0.5, 0.6) is 5.75 Å². The summed E-state index contributed by atoms with van der Waals surface area (Å²) in [5, 5.41) is 3.01. The Labute approximate surface area is 179 Å². The van der Waals surface area contributed by atoms with Gasteiger partial charge in [0.05, 0.1) is 11.1 Å². The van der Waals surface area contributed by atoms with Gasteiger partial charge in [-0.1, -0.05) is 31.5 Å². The molecule has 0 unspecified atom stereocenters. The van der Waals surface area contributed by atoms with Crippen molar-refractivity contribution in [2.24, 2.45) is 11.3 Å². The van der Waals surface area contributed by atoms with Crippen molar-refractivity contribution in [3.8, 4) is 5.75 Å². The van der Waals surface area contributed by atoms with Gasteiger partial charge in [0.1, 0.15) is 12.4 Å². The summed E-state index contributed by atoms with van der Waals surface area (Å²) in [5.41, 5.74) is 4.44. The van der Waals surface area contributed by atoms with Crippen LogP contribution in [0.15, 0.2) is 30.3 Å². The van der Waals surface area contributed by atoms with E-state index in [1.54, 1.807) is 4.90 Å². The quantitative estimate of drug-likeness (QED) is 0.749. The summed E-state index contributed by atoms with van der Waals surface area (Å²) >= 11 is 0. The highest BCUT2D eigenvalue weighted by molar-refractivity contribution is 6.07. The number of hydrogen-bond acceptors (Lipinski definition) is 3. The zero-order valence-corrected chi connectivity index (χ0v) is 19.1. The summed E-state index contributed by atoms with van der Waals surface area (Å²) in [5.74, 6) is 0.840. The zero-order chi connectivity index (χ0) is 22.2. The number of nitrogens with one attached hydrogen (secondary N) is 1. The Morgan fingerprint density at radius 1 is 1.13 bits per heavy atom. The molecule has 1 heterocycles. The second-order valence-electron chi connectivity index (χ2n) is 9.39. The first-order valence-corrected chi connectivity index (χ1v) is 10.5. The number of carbonyl (C=O) groups is 2. The Morgan fingerprint density at radius 3 is 2.37 bits per heavy atom. The predicted molar refractivity (Wildman–Crippen MR) is 122 cm³/mol. The molecule has 160 valence electrons. The number of ether oxygens (including phenoxy) is 1. The van der Waals surface area contributed by atoms with E-state index in [0.717, 1.165) is 16.7 Å². The Balaban J connectivity index is 1.97. The molecule has 2 amide bonds.